The van der Waals surface area contributed by atoms with E-state index in [0.717, 1.165) is 11.6 Å². The molecular formula is C18H16N2O5S. The number of anilines is 2. The summed E-state index contributed by atoms with van der Waals surface area (Å²) in [6, 6.07) is 11.8. The standard InChI is InChI=1S/C18H16N2O5S/c1-10-2-3-12(8-15(10)19)18(22)20-16-7-5-11-4-6-13(26(23,24)25)9-14(11)17(16)21/h2-9,21H,19H2,1H3,(H,20,22)(H,23,24,25). The molecule has 1 amide bonds. The Morgan fingerprint density at radius 1 is 1.08 bits per heavy atom. The molecule has 3 aromatic rings. The van der Waals surface area contributed by atoms with E-state index < -0.39 is 16.0 Å². The molecule has 0 fully saturated rings. The van der Waals surface area contributed by atoms with Gasteiger partial charge in [0.1, 0.15) is 5.75 Å². The minimum Gasteiger partial charge on any atom is -0.505 e. The number of carbonyl (C=O) groups excluding carboxylic acids is 1. The molecule has 8 heteroatoms. The molecule has 0 atom stereocenters. The average Bonchev–Trinajstić information content (AvgIpc) is 2.58. The predicted molar refractivity (Wildman–Crippen MR) is 99.0 cm³/mol. The summed E-state index contributed by atoms with van der Waals surface area (Å²) in [5.74, 6) is -0.779. The summed E-state index contributed by atoms with van der Waals surface area (Å²) in [5.41, 5.74) is 7.54. The Balaban J connectivity index is 2.01. The van der Waals surface area contributed by atoms with Gasteiger partial charge in [0.2, 0.25) is 0 Å². The molecule has 7 nitrogen and oxygen atoms in total. The minimum absolute atomic E-state index is 0.106. The topological polar surface area (TPSA) is 130 Å². The highest BCUT2D eigenvalue weighted by molar-refractivity contribution is 7.85. The van der Waals surface area contributed by atoms with Crippen LogP contribution in [0.1, 0.15) is 15.9 Å². The Kier molecular flexibility index (Phi) is 4.31. The zero-order chi connectivity index (χ0) is 19.1. The average molecular weight is 372 g/mol. The van der Waals surface area contributed by atoms with E-state index in [1.807, 2.05) is 6.92 Å². The second kappa shape index (κ2) is 6.32. The van der Waals surface area contributed by atoms with Crippen molar-refractivity contribution < 1.29 is 22.9 Å². The quantitative estimate of drug-likeness (QED) is 0.318. The molecule has 0 radical (unpaired) electrons. The van der Waals surface area contributed by atoms with Gasteiger partial charge in [0.25, 0.3) is 16.0 Å². The van der Waals surface area contributed by atoms with Crippen molar-refractivity contribution in [3.8, 4) is 5.75 Å². The molecule has 0 heterocycles. The van der Waals surface area contributed by atoms with Crippen molar-refractivity contribution in [1.82, 2.24) is 0 Å². The first kappa shape index (κ1) is 17.7. The highest BCUT2D eigenvalue weighted by atomic mass is 32.2. The first-order valence-electron chi connectivity index (χ1n) is 7.57. The highest BCUT2D eigenvalue weighted by Gasteiger charge is 2.15. The number of nitrogen functional groups attached to an aromatic ring is 1. The molecule has 0 saturated heterocycles. The number of phenolic OH excluding ortho intramolecular Hbond substituents is 1. The summed E-state index contributed by atoms with van der Waals surface area (Å²) in [6.07, 6.45) is 0. The molecule has 0 saturated carbocycles. The molecule has 0 aliphatic rings. The molecule has 0 aromatic heterocycles. The molecule has 134 valence electrons. The number of hydrogen-bond donors (Lipinski definition) is 4. The number of nitrogens with one attached hydrogen (secondary N) is 1. The molecule has 0 bridgehead atoms. The van der Waals surface area contributed by atoms with Crippen molar-refractivity contribution >= 4 is 38.2 Å². The zero-order valence-electron chi connectivity index (χ0n) is 13.7. The van der Waals surface area contributed by atoms with E-state index in [1.54, 1.807) is 18.2 Å². The van der Waals surface area contributed by atoms with Gasteiger partial charge in [-0.2, -0.15) is 8.42 Å². The molecule has 3 rings (SSSR count). The Labute approximate surface area is 149 Å². The monoisotopic (exact) mass is 372 g/mol. The number of hydrogen-bond acceptors (Lipinski definition) is 5. The van der Waals surface area contributed by atoms with Gasteiger partial charge >= 0.3 is 0 Å². The van der Waals surface area contributed by atoms with Gasteiger partial charge in [-0.3, -0.25) is 9.35 Å². The lowest BCUT2D eigenvalue weighted by molar-refractivity contribution is 0.102. The summed E-state index contributed by atoms with van der Waals surface area (Å²) < 4.78 is 31.7. The van der Waals surface area contributed by atoms with Crippen LogP contribution in [0.3, 0.4) is 0 Å². The summed E-state index contributed by atoms with van der Waals surface area (Å²) in [6.45, 7) is 1.82. The fourth-order valence-electron chi connectivity index (χ4n) is 2.52. The lowest BCUT2D eigenvalue weighted by Crippen LogP contribution is -2.12. The van der Waals surface area contributed by atoms with Crippen LogP contribution in [0.5, 0.6) is 5.75 Å². The van der Waals surface area contributed by atoms with Gasteiger partial charge < -0.3 is 16.2 Å². The van der Waals surface area contributed by atoms with E-state index in [0.29, 0.717) is 16.6 Å². The van der Waals surface area contributed by atoms with Crippen LogP contribution in [0.4, 0.5) is 11.4 Å². The van der Waals surface area contributed by atoms with Crippen molar-refractivity contribution in [1.29, 1.82) is 0 Å². The smallest absolute Gasteiger partial charge is 0.294 e. The van der Waals surface area contributed by atoms with Crippen molar-refractivity contribution in [2.24, 2.45) is 0 Å². The van der Waals surface area contributed by atoms with E-state index in [2.05, 4.69) is 5.32 Å². The summed E-state index contributed by atoms with van der Waals surface area (Å²) >= 11 is 0. The van der Waals surface area contributed by atoms with Crippen LogP contribution in [-0.2, 0) is 10.1 Å². The molecule has 0 aliphatic carbocycles. The lowest BCUT2D eigenvalue weighted by atomic mass is 10.1. The molecule has 0 spiro atoms. The normalized spacial score (nSPS) is 11.5. The van der Waals surface area contributed by atoms with Gasteiger partial charge in [-0.15, -0.1) is 0 Å². The summed E-state index contributed by atoms with van der Waals surface area (Å²) in [5, 5.41) is 13.7. The first-order valence-corrected chi connectivity index (χ1v) is 9.01. The third kappa shape index (κ3) is 3.32. The number of phenols is 1. The van der Waals surface area contributed by atoms with Crippen molar-refractivity contribution in [3.63, 3.8) is 0 Å². The predicted octanol–water partition coefficient (Wildman–Crippen LogP) is 2.94. The maximum atomic E-state index is 12.4. The van der Waals surface area contributed by atoms with Gasteiger partial charge in [0, 0.05) is 16.6 Å². The Morgan fingerprint density at radius 2 is 1.77 bits per heavy atom. The number of aromatic hydroxyl groups is 1. The number of nitrogens with two attached hydrogens (primary N) is 1. The fraction of sp³-hybridized carbons (Fsp3) is 0.0556. The molecule has 3 aromatic carbocycles. The van der Waals surface area contributed by atoms with Crippen molar-refractivity contribution in [2.75, 3.05) is 11.1 Å². The number of rotatable bonds is 3. The van der Waals surface area contributed by atoms with E-state index in [1.165, 1.54) is 24.3 Å². The van der Waals surface area contributed by atoms with Crippen LogP contribution in [0.2, 0.25) is 0 Å². The van der Waals surface area contributed by atoms with Crippen LogP contribution in [-0.4, -0.2) is 24.0 Å². The van der Waals surface area contributed by atoms with Crippen LogP contribution >= 0.6 is 0 Å². The lowest BCUT2D eigenvalue weighted by Gasteiger charge is -2.11. The fourth-order valence-corrected chi connectivity index (χ4v) is 3.03. The number of benzene rings is 3. The van der Waals surface area contributed by atoms with Gasteiger partial charge in [-0.1, -0.05) is 18.2 Å². The van der Waals surface area contributed by atoms with Crippen LogP contribution < -0.4 is 11.1 Å². The molecular weight excluding hydrogens is 356 g/mol. The van der Waals surface area contributed by atoms with Crippen LogP contribution in [0, 0.1) is 6.92 Å². The maximum Gasteiger partial charge on any atom is 0.294 e. The minimum atomic E-state index is -4.41. The number of carbonyl (C=O) groups is 1. The van der Waals surface area contributed by atoms with Crippen molar-refractivity contribution in [2.45, 2.75) is 11.8 Å². The Hall–Kier alpha value is -3.10. The van der Waals surface area contributed by atoms with E-state index >= 15 is 0 Å². The molecule has 5 N–H and O–H groups in total. The largest absolute Gasteiger partial charge is 0.505 e. The molecule has 26 heavy (non-hydrogen) atoms. The zero-order valence-corrected chi connectivity index (χ0v) is 14.5. The SMILES string of the molecule is Cc1ccc(C(=O)Nc2ccc3ccc(S(=O)(=O)O)cc3c2O)cc1N. The highest BCUT2D eigenvalue weighted by Crippen LogP contribution is 2.34. The second-order valence-electron chi connectivity index (χ2n) is 5.85. The van der Waals surface area contributed by atoms with Gasteiger partial charge in [0.05, 0.1) is 10.6 Å². The second-order valence-corrected chi connectivity index (χ2v) is 7.27. The van der Waals surface area contributed by atoms with E-state index in [4.69, 9.17) is 10.3 Å². The van der Waals surface area contributed by atoms with Gasteiger partial charge in [0.15, 0.2) is 0 Å². The van der Waals surface area contributed by atoms with Crippen LogP contribution in [0.15, 0.2) is 53.4 Å². The Morgan fingerprint density at radius 3 is 2.42 bits per heavy atom. The van der Waals surface area contributed by atoms with Crippen LogP contribution in [0.25, 0.3) is 10.8 Å². The third-order valence-electron chi connectivity index (χ3n) is 4.05. The Bertz CT molecular complexity index is 1140. The molecule has 0 aliphatic heterocycles. The maximum absolute atomic E-state index is 12.4. The van der Waals surface area contributed by atoms with Gasteiger partial charge in [-0.25, -0.2) is 0 Å². The number of aryl methyl sites for hydroxylation is 1. The number of amides is 1. The molecule has 0 unspecified atom stereocenters. The van der Waals surface area contributed by atoms with Gasteiger partial charge in [-0.05, 0) is 48.2 Å². The van der Waals surface area contributed by atoms with E-state index in [-0.39, 0.29) is 21.7 Å². The summed E-state index contributed by atoms with van der Waals surface area (Å²) in [7, 11) is -4.41. The summed E-state index contributed by atoms with van der Waals surface area (Å²) in [4.78, 5) is 12.0. The van der Waals surface area contributed by atoms with E-state index in [9.17, 15) is 18.3 Å². The third-order valence-corrected chi connectivity index (χ3v) is 4.90. The first-order chi connectivity index (χ1) is 12.2. The number of fused-ring (bicyclic) bond motifs is 1. The van der Waals surface area contributed by atoms with Crippen molar-refractivity contribution in [3.05, 3.63) is 59.7 Å².